The zero-order valence-electron chi connectivity index (χ0n) is 5.55. The van der Waals surface area contributed by atoms with Crippen LogP contribution in [0.25, 0.3) is 0 Å². The van der Waals surface area contributed by atoms with Gasteiger partial charge in [-0.25, -0.2) is 0 Å². The number of ketones is 1. The quantitative estimate of drug-likeness (QED) is 0.407. The van der Waals surface area contributed by atoms with Crippen molar-refractivity contribution in [1.29, 1.82) is 0 Å². The molecule has 0 rings (SSSR count). The number of carbonyl (C=O) groups is 1. The molecule has 3 nitrogen and oxygen atoms in total. The van der Waals surface area contributed by atoms with Crippen LogP contribution in [0.3, 0.4) is 0 Å². The fourth-order valence-electron chi connectivity index (χ4n) is 0.383. The summed E-state index contributed by atoms with van der Waals surface area (Å²) in [6.07, 6.45) is 1.85. The Balaban J connectivity index is 4.00. The molecular weight excluding hydrogens is 116 g/mol. The van der Waals surface area contributed by atoms with Gasteiger partial charge in [0, 0.05) is 6.42 Å². The van der Waals surface area contributed by atoms with E-state index in [1.54, 1.807) is 0 Å². The summed E-state index contributed by atoms with van der Waals surface area (Å²) in [6, 6.07) is 0. The maximum absolute atomic E-state index is 10.6. The molecule has 0 aromatic heterocycles. The summed E-state index contributed by atoms with van der Waals surface area (Å²) in [7, 11) is 0. The van der Waals surface area contributed by atoms with Gasteiger partial charge in [0.15, 0.2) is 5.78 Å². The number of hydrogen-bond donors (Lipinski definition) is 2. The standard InChI is InChI=1S/C6H12N2O/c1-3-4-6(7,8)5(2)9/h3H,1,4,7-8H2,2H3. The van der Waals surface area contributed by atoms with E-state index in [-0.39, 0.29) is 5.78 Å². The first-order valence-electron chi connectivity index (χ1n) is 2.70. The van der Waals surface area contributed by atoms with Crippen molar-refractivity contribution in [2.24, 2.45) is 11.5 Å². The van der Waals surface area contributed by atoms with Crippen molar-refractivity contribution in [2.75, 3.05) is 0 Å². The number of carbonyl (C=O) groups excluding carboxylic acids is 1. The Kier molecular flexibility index (Phi) is 2.55. The lowest BCUT2D eigenvalue weighted by molar-refractivity contribution is -0.121. The molecule has 0 atom stereocenters. The van der Waals surface area contributed by atoms with Crippen molar-refractivity contribution in [1.82, 2.24) is 0 Å². The molecule has 0 aliphatic carbocycles. The maximum Gasteiger partial charge on any atom is 0.164 e. The predicted octanol–water partition coefficient (Wildman–Crippen LogP) is -0.235. The molecule has 0 amide bonds. The van der Waals surface area contributed by atoms with Crippen LogP contribution in [-0.2, 0) is 4.79 Å². The van der Waals surface area contributed by atoms with Crippen molar-refractivity contribution >= 4 is 5.78 Å². The highest BCUT2D eigenvalue weighted by Crippen LogP contribution is 1.98. The molecule has 0 aliphatic heterocycles. The molecular formula is C6H12N2O. The number of rotatable bonds is 3. The third-order valence-electron chi connectivity index (χ3n) is 1.14. The monoisotopic (exact) mass is 128 g/mol. The van der Waals surface area contributed by atoms with Crippen LogP contribution in [0.2, 0.25) is 0 Å². The Morgan fingerprint density at radius 1 is 1.78 bits per heavy atom. The van der Waals surface area contributed by atoms with E-state index in [0.29, 0.717) is 6.42 Å². The zero-order valence-corrected chi connectivity index (χ0v) is 5.55. The van der Waals surface area contributed by atoms with E-state index < -0.39 is 5.66 Å². The van der Waals surface area contributed by atoms with Gasteiger partial charge in [-0.05, 0) is 6.92 Å². The fraction of sp³-hybridized carbons (Fsp3) is 0.500. The maximum atomic E-state index is 10.6. The van der Waals surface area contributed by atoms with Crippen LogP contribution in [0.4, 0.5) is 0 Å². The number of hydrogen-bond acceptors (Lipinski definition) is 3. The molecule has 52 valence electrons. The van der Waals surface area contributed by atoms with Crippen molar-refractivity contribution in [2.45, 2.75) is 19.0 Å². The Morgan fingerprint density at radius 2 is 2.22 bits per heavy atom. The molecule has 0 aromatic carbocycles. The molecule has 0 bridgehead atoms. The second-order valence-electron chi connectivity index (χ2n) is 2.09. The fourth-order valence-corrected chi connectivity index (χ4v) is 0.383. The lowest BCUT2D eigenvalue weighted by Gasteiger charge is -2.17. The van der Waals surface area contributed by atoms with Crippen molar-refractivity contribution in [3.05, 3.63) is 12.7 Å². The third-order valence-corrected chi connectivity index (χ3v) is 1.14. The van der Waals surface area contributed by atoms with Gasteiger partial charge in [0.05, 0.1) is 0 Å². The van der Waals surface area contributed by atoms with Gasteiger partial charge in [0.2, 0.25) is 0 Å². The molecule has 9 heavy (non-hydrogen) atoms. The zero-order chi connectivity index (χ0) is 7.49. The van der Waals surface area contributed by atoms with E-state index in [4.69, 9.17) is 11.5 Å². The lowest BCUT2D eigenvalue weighted by Crippen LogP contribution is -2.54. The average molecular weight is 128 g/mol. The lowest BCUT2D eigenvalue weighted by atomic mass is 10.0. The van der Waals surface area contributed by atoms with Crippen molar-refractivity contribution < 1.29 is 4.79 Å². The van der Waals surface area contributed by atoms with Crippen LogP contribution in [-0.4, -0.2) is 11.4 Å². The first kappa shape index (κ1) is 8.33. The topological polar surface area (TPSA) is 69.1 Å². The van der Waals surface area contributed by atoms with Gasteiger partial charge >= 0.3 is 0 Å². The van der Waals surface area contributed by atoms with Crippen LogP contribution in [0.5, 0.6) is 0 Å². The summed E-state index contributed by atoms with van der Waals surface area (Å²) in [6.45, 7) is 4.78. The van der Waals surface area contributed by atoms with Crippen molar-refractivity contribution in [3.8, 4) is 0 Å². The van der Waals surface area contributed by atoms with Gasteiger partial charge < -0.3 is 11.5 Å². The minimum atomic E-state index is -1.21. The van der Waals surface area contributed by atoms with E-state index in [1.807, 2.05) is 0 Å². The highest BCUT2D eigenvalue weighted by molar-refractivity contribution is 5.85. The molecule has 0 spiro atoms. The largest absolute Gasteiger partial charge is 0.307 e. The van der Waals surface area contributed by atoms with Crippen LogP contribution in [0, 0.1) is 0 Å². The second kappa shape index (κ2) is 2.75. The molecule has 3 heteroatoms. The Bertz CT molecular complexity index is 129. The molecule has 0 radical (unpaired) electrons. The Morgan fingerprint density at radius 3 is 2.33 bits per heavy atom. The molecule has 4 N–H and O–H groups in total. The van der Waals surface area contributed by atoms with E-state index in [9.17, 15) is 4.79 Å². The van der Waals surface area contributed by atoms with Gasteiger partial charge in [-0.1, -0.05) is 6.08 Å². The highest BCUT2D eigenvalue weighted by atomic mass is 16.1. The van der Waals surface area contributed by atoms with Gasteiger partial charge in [0.1, 0.15) is 5.66 Å². The second-order valence-corrected chi connectivity index (χ2v) is 2.09. The molecule has 0 fully saturated rings. The van der Waals surface area contributed by atoms with Gasteiger partial charge in [-0.3, -0.25) is 4.79 Å². The minimum absolute atomic E-state index is 0.220. The van der Waals surface area contributed by atoms with Gasteiger partial charge in [-0.2, -0.15) is 0 Å². The summed E-state index contributed by atoms with van der Waals surface area (Å²) < 4.78 is 0. The molecule has 0 saturated heterocycles. The molecule has 0 unspecified atom stereocenters. The molecule has 0 aliphatic rings. The summed E-state index contributed by atoms with van der Waals surface area (Å²) in [5.74, 6) is -0.220. The highest BCUT2D eigenvalue weighted by Gasteiger charge is 2.22. The summed E-state index contributed by atoms with van der Waals surface area (Å²) in [5.41, 5.74) is 9.45. The van der Waals surface area contributed by atoms with Gasteiger partial charge in [-0.15, -0.1) is 6.58 Å². The molecule has 0 saturated carbocycles. The van der Waals surface area contributed by atoms with E-state index in [0.717, 1.165) is 0 Å². The van der Waals surface area contributed by atoms with Crippen molar-refractivity contribution in [3.63, 3.8) is 0 Å². The number of Topliss-reactive ketones (excluding diaryl/α,β-unsaturated/α-hetero) is 1. The normalized spacial score (nSPS) is 11.0. The smallest absolute Gasteiger partial charge is 0.164 e. The first-order valence-corrected chi connectivity index (χ1v) is 2.70. The van der Waals surface area contributed by atoms with Crippen LogP contribution >= 0.6 is 0 Å². The first-order chi connectivity index (χ1) is 4.00. The van der Waals surface area contributed by atoms with Crippen LogP contribution in [0.15, 0.2) is 12.7 Å². The van der Waals surface area contributed by atoms with E-state index >= 15 is 0 Å². The summed E-state index contributed by atoms with van der Waals surface area (Å²) in [4.78, 5) is 10.6. The van der Waals surface area contributed by atoms with E-state index in [1.165, 1.54) is 13.0 Å². The Labute approximate surface area is 54.7 Å². The van der Waals surface area contributed by atoms with Crippen LogP contribution in [0.1, 0.15) is 13.3 Å². The predicted molar refractivity (Wildman–Crippen MR) is 36.6 cm³/mol. The summed E-state index contributed by atoms with van der Waals surface area (Å²) in [5, 5.41) is 0. The summed E-state index contributed by atoms with van der Waals surface area (Å²) >= 11 is 0. The van der Waals surface area contributed by atoms with E-state index in [2.05, 4.69) is 6.58 Å². The molecule has 0 aromatic rings. The SMILES string of the molecule is C=CCC(N)(N)C(C)=O. The Hall–Kier alpha value is -0.670. The van der Waals surface area contributed by atoms with Gasteiger partial charge in [0.25, 0.3) is 0 Å². The minimum Gasteiger partial charge on any atom is -0.307 e. The molecule has 0 heterocycles. The third kappa shape index (κ3) is 2.39. The average Bonchev–Trinajstić information content (AvgIpc) is 1.65. The number of nitrogens with two attached hydrogens (primary N) is 2. The van der Waals surface area contributed by atoms with Crippen LogP contribution < -0.4 is 11.5 Å².